The second-order valence-corrected chi connectivity index (χ2v) is 7.78. The van der Waals surface area contributed by atoms with Gasteiger partial charge in [0.2, 0.25) is 0 Å². The Morgan fingerprint density at radius 3 is 2.58 bits per heavy atom. The first-order chi connectivity index (χ1) is 15.9. The molecule has 0 saturated carbocycles. The minimum atomic E-state index is -0.123. The van der Waals surface area contributed by atoms with Crippen LogP contribution in [0, 0.1) is 11.3 Å². The highest BCUT2D eigenvalue weighted by Gasteiger charge is 2.34. The number of allylic oxidation sites excluding steroid dienone is 1. The average molecular weight is 462 g/mol. The molecule has 0 atom stereocenters. The zero-order valence-electron chi connectivity index (χ0n) is 19.1. The highest BCUT2D eigenvalue weighted by atomic mass is 32.1. The van der Waals surface area contributed by atoms with E-state index >= 15 is 0 Å². The monoisotopic (exact) mass is 461 g/mol. The normalized spacial score (nSPS) is 14.5. The van der Waals surface area contributed by atoms with Gasteiger partial charge < -0.3 is 14.4 Å². The smallest absolute Gasteiger partial charge is 0.276 e. The maximum Gasteiger partial charge on any atom is 0.276 e. The van der Waals surface area contributed by atoms with E-state index in [1.165, 1.54) is 0 Å². The summed E-state index contributed by atoms with van der Waals surface area (Å²) in [6.45, 7) is 8.86. The molecule has 0 radical (unpaired) electrons. The SMILES string of the molecule is C=CCc1cc(/C=C2\C(=O)N(CC)C(=S)N2C)cc(OCC)c1OCc1ccccc1C#N. The summed E-state index contributed by atoms with van der Waals surface area (Å²) in [5.41, 5.74) is 3.55. The summed E-state index contributed by atoms with van der Waals surface area (Å²) >= 11 is 5.40. The molecule has 170 valence electrons. The topological polar surface area (TPSA) is 65.8 Å². The van der Waals surface area contributed by atoms with E-state index in [0.717, 1.165) is 16.7 Å². The first-order valence-electron chi connectivity index (χ1n) is 10.8. The Labute approximate surface area is 200 Å². The largest absolute Gasteiger partial charge is 0.490 e. The highest BCUT2D eigenvalue weighted by molar-refractivity contribution is 7.80. The predicted molar refractivity (Wildman–Crippen MR) is 133 cm³/mol. The molecule has 2 aromatic carbocycles. The molecule has 1 aliphatic heterocycles. The number of nitrogens with zero attached hydrogens (tertiary/aromatic N) is 3. The van der Waals surface area contributed by atoms with Crippen LogP contribution in [0.3, 0.4) is 0 Å². The maximum absolute atomic E-state index is 12.8. The number of hydrogen-bond donors (Lipinski definition) is 0. The van der Waals surface area contributed by atoms with Gasteiger partial charge in [-0.1, -0.05) is 24.3 Å². The van der Waals surface area contributed by atoms with Crippen molar-refractivity contribution in [2.45, 2.75) is 26.9 Å². The minimum Gasteiger partial charge on any atom is -0.490 e. The third-order valence-corrected chi connectivity index (χ3v) is 5.79. The Kier molecular flexibility index (Phi) is 7.86. The van der Waals surface area contributed by atoms with Crippen LogP contribution >= 0.6 is 12.2 Å². The predicted octanol–water partition coefficient (Wildman–Crippen LogP) is 4.68. The van der Waals surface area contributed by atoms with Gasteiger partial charge in [0.15, 0.2) is 16.6 Å². The number of hydrogen-bond acceptors (Lipinski definition) is 5. The molecule has 0 aromatic heterocycles. The molecule has 1 heterocycles. The Morgan fingerprint density at radius 1 is 1.18 bits per heavy atom. The van der Waals surface area contributed by atoms with Crippen LogP contribution in [0.2, 0.25) is 0 Å². The number of carbonyl (C=O) groups excluding carboxylic acids is 1. The molecule has 1 fully saturated rings. The van der Waals surface area contributed by atoms with Crippen molar-refractivity contribution in [1.82, 2.24) is 9.80 Å². The van der Waals surface area contributed by atoms with Crippen molar-refractivity contribution in [2.75, 3.05) is 20.2 Å². The number of benzene rings is 2. The maximum atomic E-state index is 12.8. The Morgan fingerprint density at radius 2 is 1.94 bits per heavy atom. The number of likely N-dealkylation sites (N-methyl/N-ethyl adjacent to an activating group) is 2. The highest BCUT2D eigenvalue weighted by Crippen LogP contribution is 2.36. The number of carbonyl (C=O) groups is 1. The Balaban J connectivity index is 2.02. The van der Waals surface area contributed by atoms with Crippen molar-refractivity contribution in [3.05, 3.63) is 77.0 Å². The van der Waals surface area contributed by atoms with Gasteiger partial charge in [0.1, 0.15) is 12.3 Å². The van der Waals surface area contributed by atoms with E-state index < -0.39 is 0 Å². The van der Waals surface area contributed by atoms with Crippen LogP contribution in [0.1, 0.15) is 36.1 Å². The summed E-state index contributed by atoms with van der Waals surface area (Å²) < 4.78 is 12.1. The third-order valence-electron chi connectivity index (χ3n) is 5.29. The van der Waals surface area contributed by atoms with E-state index in [0.29, 0.717) is 47.4 Å². The van der Waals surface area contributed by atoms with Gasteiger partial charge >= 0.3 is 0 Å². The lowest BCUT2D eigenvalue weighted by Crippen LogP contribution is -2.30. The van der Waals surface area contributed by atoms with Crippen molar-refractivity contribution in [2.24, 2.45) is 0 Å². The number of nitriles is 1. The Bertz CT molecular complexity index is 1150. The fourth-order valence-corrected chi connectivity index (χ4v) is 3.96. The van der Waals surface area contributed by atoms with Crippen LogP contribution in [0.4, 0.5) is 0 Å². The molecule has 33 heavy (non-hydrogen) atoms. The fraction of sp³-hybridized carbons (Fsp3) is 0.269. The molecule has 1 aliphatic rings. The number of rotatable bonds is 9. The van der Waals surface area contributed by atoms with Gasteiger partial charge in [-0.3, -0.25) is 9.69 Å². The summed E-state index contributed by atoms with van der Waals surface area (Å²) in [4.78, 5) is 16.1. The zero-order chi connectivity index (χ0) is 24.0. The molecule has 1 saturated heterocycles. The average Bonchev–Trinajstić information content (AvgIpc) is 3.01. The summed E-state index contributed by atoms with van der Waals surface area (Å²) in [6.07, 6.45) is 4.16. The molecule has 6 nitrogen and oxygen atoms in total. The van der Waals surface area contributed by atoms with Crippen molar-refractivity contribution in [3.8, 4) is 17.6 Å². The number of amides is 1. The second-order valence-electron chi connectivity index (χ2n) is 7.41. The van der Waals surface area contributed by atoms with Crippen molar-refractivity contribution >= 4 is 29.3 Å². The van der Waals surface area contributed by atoms with Crippen LogP contribution in [-0.2, 0) is 17.8 Å². The van der Waals surface area contributed by atoms with Crippen LogP contribution in [0.15, 0.2) is 54.8 Å². The molecule has 0 aliphatic carbocycles. The lowest BCUT2D eigenvalue weighted by molar-refractivity contribution is -0.122. The number of thiocarbonyl (C=S) groups is 1. The molecular formula is C26H27N3O3S. The van der Waals surface area contributed by atoms with Gasteiger partial charge in [-0.25, -0.2) is 0 Å². The van der Waals surface area contributed by atoms with Crippen LogP contribution < -0.4 is 9.47 Å². The van der Waals surface area contributed by atoms with Gasteiger partial charge in [0.25, 0.3) is 5.91 Å². The van der Waals surface area contributed by atoms with E-state index in [1.54, 1.807) is 29.0 Å². The number of ether oxygens (including phenoxy) is 2. The molecule has 3 rings (SSSR count). The van der Waals surface area contributed by atoms with E-state index in [2.05, 4.69) is 12.6 Å². The molecule has 0 unspecified atom stereocenters. The summed E-state index contributed by atoms with van der Waals surface area (Å²) in [7, 11) is 1.79. The first-order valence-corrected chi connectivity index (χ1v) is 11.2. The van der Waals surface area contributed by atoms with Gasteiger partial charge in [0.05, 0.1) is 18.2 Å². The Hall–Kier alpha value is -3.63. The zero-order valence-corrected chi connectivity index (χ0v) is 19.9. The summed E-state index contributed by atoms with van der Waals surface area (Å²) in [5.74, 6) is 1.05. The molecule has 1 amide bonds. The fourth-order valence-electron chi connectivity index (χ4n) is 3.65. The molecule has 0 bridgehead atoms. The van der Waals surface area contributed by atoms with Gasteiger partial charge in [-0.05, 0) is 62.3 Å². The minimum absolute atomic E-state index is 0.123. The first kappa shape index (κ1) is 24.0. The molecule has 0 spiro atoms. The molecule has 7 heteroatoms. The van der Waals surface area contributed by atoms with Crippen LogP contribution in [0.25, 0.3) is 6.08 Å². The third kappa shape index (κ3) is 5.07. The summed E-state index contributed by atoms with van der Waals surface area (Å²) in [5, 5.41) is 9.86. The van der Waals surface area contributed by atoms with Crippen molar-refractivity contribution in [1.29, 1.82) is 5.26 Å². The van der Waals surface area contributed by atoms with Crippen LogP contribution in [0.5, 0.6) is 11.5 Å². The lowest BCUT2D eigenvalue weighted by atomic mass is 10.0. The van der Waals surface area contributed by atoms with Crippen molar-refractivity contribution in [3.63, 3.8) is 0 Å². The van der Waals surface area contributed by atoms with Gasteiger partial charge in [-0.15, -0.1) is 6.58 Å². The molecule has 0 N–H and O–H groups in total. The standard InChI is InChI=1S/C26H27N3O3S/c1-5-10-19-13-18(14-22-25(30)29(6-2)26(33)28(22)4)15-23(31-7-3)24(19)32-17-21-12-9-8-11-20(21)16-27/h5,8-9,11-15H,1,6-7,10,17H2,2-4H3/b22-14+. The lowest BCUT2D eigenvalue weighted by Gasteiger charge is -2.18. The summed E-state index contributed by atoms with van der Waals surface area (Å²) in [6, 6.07) is 13.3. The van der Waals surface area contributed by atoms with E-state index in [4.69, 9.17) is 21.7 Å². The molecular weight excluding hydrogens is 434 g/mol. The quantitative estimate of drug-likeness (QED) is 0.307. The van der Waals surface area contributed by atoms with E-state index in [1.807, 2.05) is 50.3 Å². The van der Waals surface area contributed by atoms with E-state index in [9.17, 15) is 10.1 Å². The van der Waals surface area contributed by atoms with Crippen LogP contribution in [-0.4, -0.2) is 41.0 Å². The molecule has 2 aromatic rings. The van der Waals surface area contributed by atoms with Gasteiger partial charge in [-0.2, -0.15) is 5.26 Å². The van der Waals surface area contributed by atoms with Gasteiger partial charge in [0, 0.05) is 24.7 Å². The van der Waals surface area contributed by atoms with E-state index in [-0.39, 0.29) is 12.5 Å². The second kappa shape index (κ2) is 10.8. The van der Waals surface area contributed by atoms with Crippen molar-refractivity contribution < 1.29 is 14.3 Å².